The molecule has 5 nitrogen and oxygen atoms in total. The molecule has 0 rings (SSSR count). The number of hydrogen-bond donors (Lipinski definition) is 2. The second kappa shape index (κ2) is 8.21. The van der Waals surface area contributed by atoms with Gasteiger partial charge in [0.25, 0.3) is 0 Å². The molecule has 4 N–H and O–H groups in total. The Morgan fingerprint density at radius 1 is 1.00 bits per heavy atom. The van der Waals surface area contributed by atoms with Gasteiger partial charge in [-0.15, -0.1) is 0 Å². The molecule has 0 atom stereocenters. The van der Waals surface area contributed by atoms with Gasteiger partial charge in [-0.2, -0.15) is 8.42 Å². The predicted molar refractivity (Wildman–Crippen MR) is 17.8 cm³/mol. The molecule has 0 aliphatic heterocycles. The van der Waals surface area contributed by atoms with Crippen LogP contribution < -0.4 is 0 Å². The molecule has 0 unspecified atom stereocenters. The fourth-order valence-electron chi connectivity index (χ4n) is 0. The van der Waals surface area contributed by atoms with Crippen molar-refractivity contribution in [2.45, 2.75) is 0 Å². The van der Waals surface area contributed by atoms with Crippen molar-refractivity contribution in [3.63, 3.8) is 0 Å². The van der Waals surface area contributed by atoms with Crippen LogP contribution in [0.4, 0.5) is 0 Å². The van der Waals surface area contributed by atoms with E-state index >= 15 is 0 Å². The van der Waals surface area contributed by atoms with Crippen molar-refractivity contribution in [1.29, 1.82) is 0 Å². The predicted octanol–water partition coefficient (Wildman–Crippen LogP) is -1.48. The molecular weight excluding hydrogens is 304 g/mol. The van der Waals surface area contributed by atoms with Gasteiger partial charge in [0.05, 0.1) is 0 Å². The maximum atomic E-state index is 8.74. The van der Waals surface area contributed by atoms with Crippen molar-refractivity contribution >= 4 is 10.4 Å². The van der Waals surface area contributed by atoms with Crippen LogP contribution in [0, 0.1) is 0 Å². The molecule has 0 aromatic carbocycles. The monoisotopic (exact) mass is 312 g/mol. The molecular formula is H4Mo2O5S. The number of rotatable bonds is 0. The molecule has 0 bridgehead atoms. The van der Waals surface area contributed by atoms with Gasteiger partial charge in [0.15, 0.2) is 0 Å². The van der Waals surface area contributed by atoms with Gasteiger partial charge in [0.2, 0.25) is 0 Å². The van der Waals surface area contributed by atoms with Crippen LogP contribution >= 0.6 is 0 Å². The third-order valence-electron chi connectivity index (χ3n) is 0. The molecule has 0 fully saturated rings. The molecule has 0 radical (unpaired) electrons. The summed E-state index contributed by atoms with van der Waals surface area (Å²) in [7, 11) is -4.67. The summed E-state index contributed by atoms with van der Waals surface area (Å²) < 4.78 is 31.6. The second-order valence-corrected chi connectivity index (χ2v) is 1.34. The second-order valence-electron chi connectivity index (χ2n) is 0.448. The molecule has 8 heteroatoms. The summed E-state index contributed by atoms with van der Waals surface area (Å²) in [6.45, 7) is 0. The Morgan fingerprint density at radius 2 is 1.00 bits per heavy atom. The largest absolute Gasteiger partial charge is 0.412 e. The summed E-state index contributed by atoms with van der Waals surface area (Å²) in [5.74, 6) is 0. The van der Waals surface area contributed by atoms with Crippen molar-refractivity contribution in [1.82, 2.24) is 0 Å². The Bertz CT molecular complexity index is 93.6. The van der Waals surface area contributed by atoms with Crippen molar-refractivity contribution in [2.24, 2.45) is 0 Å². The topological polar surface area (TPSA) is 106 Å². The van der Waals surface area contributed by atoms with E-state index < -0.39 is 10.4 Å². The van der Waals surface area contributed by atoms with E-state index in [2.05, 4.69) is 0 Å². The molecule has 0 heterocycles. The van der Waals surface area contributed by atoms with Gasteiger partial charge >= 0.3 is 10.4 Å². The molecule has 0 aliphatic carbocycles. The molecule has 0 aromatic heterocycles. The minimum absolute atomic E-state index is 0. The van der Waals surface area contributed by atoms with E-state index in [0.717, 1.165) is 0 Å². The third kappa shape index (κ3) is 191. The van der Waals surface area contributed by atoms with E-state index in [-0.39, 0.29) is 47.6 Å². The first kappa shape index (κ1) is 22.9. The number of hydrogen-bond acceptors (Lipinski definition) is 2. The van der Waals surface area contributed by atoms with Gasteiger partial charge in [0, 0.05) is 42.1 Å². The normalized spacial score (nSPS) is 7.25. The summed E-state index contributed by atoms with van der Waals surface area (Å²) in [5.41, 5.74) is 0. The average molecular weight is 308 g/mol. The van der Waals surface area contributed by atoms with Gasteiger partial charge in [0.1, 0.15) is 0 Å². The quantitative estimate of drug-likeness (QED) is 0.420. The summed E-state index contributed by atoms with van der Waals surface area (Å²) >= 11 is 0. The fourth-order valence-corrected chi connectivity index (χ4v) is 0. The van der Waals surface area contributed by atoms with E-state index in [4.69, 9.17) is 17.5 Å². The fraction of sp³-hybridized carbons (Fsp3) is 0. The van der Waals surface area contributed by atoms with Crippen LogP contribution in [0.3, 0.4) is 0 Å². The Morgan fingerprint density at radius 3 is 1.00 bits per heavy atom. The molecule has 0 amide bonds. The Balaban J connectivity index is -0.0000000267. The van der Waals surface area contributed by atoms with E-state index in [1.54, 1.807) is 0 Å². The SMILES string of the molecule is O.O=S(=O)(O)O.[Mo].[Mo]. The summed E-state index contributed by atoms with van der Waals surface area (Å²) in [4.78, 5) is 0. The third-order valence-corrected chi connectivity index (χ3v) is 0. The van der Waals surface area contributed by atoms with Crippen LogP contribution in [0.2, 0.25) is 0 Å². The zero-order valence-corrected chi connectivity index (χ0v) is 8.27. The van der Waals surface area contributed by atoms with E-state index in [1.807, 2.05) is 0 Å². The van der Waals surface area contributed by atoms with Crippen LogP contribution in [0.25, 0.3) is 0 Å². The van der Waals surface area contributed by atoms with E-state index in [0.29, 0.717) is 0 Å². The minimum atomic E-state index is -4.67. The maximum absolute atomic E-state index is 8.74. The Hall–Kier alpha value is 1.21. The van der Waals surface area contributed by atoms with Crippen LogP contribution in [0.5, 0.6) is 0 Å². The zero-order chi connectivity index (χ0) is 4.50. The Kier molecular flexibility index (Phi) is 23.5. The molecule has 0 aromatic rings. The first-order valence-electron chi connectivity index (χ1n) is 0.698. The molecule has 52 valence electrons. The van der Waals surface area contributed by atoms with Gasteiger partial charge in [-0.25, -0.2) is 0 Å². The summed E-state index contributed by atoms with van der Waals surface area (Å²) in [5, 5.41) is 0. The van der Waals surface area contributed by atoms with Crippen LogP contribution in [-0.2, 0) is 52.5 Å². The van der Waals surface area contributed by atoms with Gasteiger partial charge in [-0.1, -0.05) is 0 Å². The van der Waals surface area contributed by atoms with Crippen molar-refractivity contribution in [2.75, 3.05) is 0 Å². The first-order chi connectivity index (χ1) is 2.00. The summed E-state index contributed by atoms with van der Waals surface area (Å²) in [6.07, 6.45) is 0. The minimum Gasteiger partial charge on any atom is -0.412 e. The molecule has 0 spiro atoms. The zero-order valence-electron chi connectivity index (χ0n) is 3.44. The Labute approximate surface area is 75.3 Å². The van der Waals surface area contributed by atoms with Gasteiger partial charge in [-0.3, -0.25) is 9.11 Å². The first-order valence-corrected chi connectivity index (χ1v) is 2.10. The molecule has 0 saturated heterocycles. The van der Waals surface area contributed by atoms with Crippen LogP contribution in [-0.4, -0.2) is 23.0 Å². The van der Waals surface area contributed by atoms with Crippen LogP contribution in [0.1, 0.15) is 0 Å². The van der Waals surface area contributed by atoms with Crippen molar-refractivity contribution in [3.05, 3.63) is 0 Å². The van der Waals surface area contributed by atoms with E-state index in [9.17, 15) is 0 Å². The van der Waals surface area contributed by atoms with Crippen LogP contribution in [0.15, 0.2) is 0 Å². The maximum Gasteiger partial charge on any atom is 0.394 e. The van der Waals surface area contributed by atoms with Gasteiger partial charge < -0.3 is 5.48 Å². The van der Waals surface area contributed by atoms with E-state index in [1.165, 1.54) is 0 Å². The molecule has 8 heavy (non-hydrogen) atoms. The van der Waals surface area contributed by atoms with Crippen molar-refractivity contribution < 1.29 is 65.1 Å². The molecule has 0 saturated carbocycles. The molecule has 0 aliphatic rings. The standard InChI is InChI=1S/2Mo.H2O4S.H2O/c;;1-5(2,3)4;/h;;(H2,1,2,3,4);1H2. The van der Waals surface area contributed by atoms with Crippen molar-refractivity contribution in [3.8, 4) is 0 Å². The average Bonchev–Trinajstić information content (AvgIpc) is 0.722. The smallest absolute Gasteiger partial charge is 0.394 e. The van der Waals surface area contributed by atoms with Gasteiger partial charge in [-0.05, 0) is 0 Å². The summed E-state index contributed by atoms with van der Waals surface area (Å²) in [6, 6.07) is 0.